The van der Waals surface area contributed by atoms with Crippen molar-refractivity contribution in [3.8, 4) is 0 Å². The summed E-state index contributed by atoms with van der Waals surface area (Å²) < 4.78 is 32.7. The minimum atomic E-state index is -4.29. The summed E-state index contributed by atoms with van der Waals surface area (Å²) in [4.78, 5) is -0.0970. The molecule has 0 atom stereocenters. The molecule has 22 heavy (non-hydrogen) atoms. The maximum atomic E-state index is 11.6. The molecule has 0 aromatic heterocycles. The summed E-state index contributed by atoms with van der Waals surface area (Å²) in [6.07, 6.45) is 0. The Balaban J connectivity index is 2.19. The monoisotopic (exact) mass is 313 g/mol. The molecule has 0 unspecified atom stereocenters. The molecule has 3 rings (SSSR count). The van der Waals surface area contributed by atoms with Crippen LogP contribution < -0.4 is 5.32 Å². The number of benzene rings is 3. The Bertz CT molecular complexity index is 927. The van der Waals surface area contributed by atoms with E-state index in [-0.39, 0.29) is 4.90 Å². The van der Waals surface area contributed by atoms with E-state index in [2.05, 4.69) is 5.32 Å². The molecular formula is C17H15NO3S. The van der Waals surface area contributed by atoms with Crippen LogP contribution in [-0.4, -0.2) is 13.0 Å². The lowest BCUT2D eigenvalue weighted by atomic mass is 10.1. The molecule has 4 nitrogen and oxygen atoms in total. The quantitative estimate of drug-likeness (QED) is 0.713. The topological polar surface area (TPSA) is 66.4 Å². The molecule has 2 N–H and O–H groups in total. The van der Waals surface area contributed by atoms with E-state index in [0.717, 1.165) is 16.6 Å². The molecule has 0 radical (unpaired) electrons. The second-order valence-electron chi connectivity index (χ2n) is 5.13. The predicted octanol–water partition coefficient (Wildman–Crippen LogP) is 4.14. The van der Waals surface area contributed by atoms with Crippen molar-refractivity contribution < 1.29 is 13.0 Å². The highest BCUT2D eigenvalue weighted by molar-refractivity contribution is 7.86. The van der Waals surface area contributed by atoms with Crippen LogP contribution in [-0.2, 0) is 10.1 Å². The van der Waals surface area contributed by atoms with Crippen molar-refractivity contribution in [1.29, 1.82) is 0 Å². The Hall–Kier alpha value is -2.37. The average molecular weight is 313 g/mol. The first kappa shape index (κ1) is 14.6. The zero-order valence-electron chi connectivity index (χ0n) is 11.9. The molecule has 0 amide bonds. The summed E-state index contributed by atoms with van der Waals surface area (Å²) in [5, 5.41) is 4.43. The molecule has 3 aromatic rings. The number of hydrogen-bond donors (Lipinski definition) is 2. The minimum absolute atomic E-state index is 0.0970. The molecule has 0 bridgehead atoms. The fourth-order valence-corrected chi connectivity index (χ4v) is 3.15. The highest BCUT2D eigenvalue weighted by Crippen LogP contribution is 2.31. The Morgan fingerprint density at radius 1 is 0.909 bits per heavy atom. The van der Waals surface area contributed by atoms with Crippen LogP contribution in [0.15, 0.2) is 65.6 Å². The summed E-state index contributed by atoms with van der Waals surface area (Å²) in [5.74, 6) is 0. The summed E-state index contributed by atoms with van der Waals surface area (Å²) in [5.41, 5.74) is 2.62. The van der Waals surface area contributed by atoms with Crippen molar-refractivity contribution in [2.45, 2.75) is 11.8 Å². The molecule has 112 valence electrons. The van der Waals surface area contributed by atoms with Gasteiger partial charge in [-0.25, -0.2) is 0 Å². The van der Waals surface area contributed by atoms with Crippen molar-refractivity contribution in [2.75, 3.05) is 5.32 Å². The van der Waals surface area contributed by atoms with E-state index in [1.165, 1.54) is 6.07 Å². The van der Waals surface area contributed by atoms with E-state index in [1.54, 1.807) is 12.1 Å². The van der Waals surface area contributed by atoms with Gasteiger partial charge in [0.1, 0.15) is 4.90 Å². The molecule has 5 heteroatoms. The van der Waals surface area contributed by atoms with Gasteiger partial charge in [0.15, 0.2) is 0 Å². The largest absolute Gasteiger partial charge is 0.355 e. The van der Waals surface area contributed by atoms with Crippen LogP contribution in [0.4, 0.5) is 11.4 Å². The van der Waals surface area contributed by atoms with Gasteiger partial charge in [0.2, 0.25) is 0 Å². The summed E-state index contributed by atoms with van der Waals surface area (Å²) in [6, 6.07) is 18.0. The first-order valence-corrected chi connectivity index (χ1v) is 8.22. The van der Waals surface area contributed by atoms with E-state index in [9.17, 15) is 13.0 Å². The molecule has 0 spiro atoms. The van der Waals surface area contributed by atoms with Gasteiger partial charge in [-0.1, -0.05) is 42.0 Å². The van der Waals surface area contributed by atoms with Crippen LogP contribution in [0.2, 0.25) is 0 Å². The number of fused-ring (bicyclic) bond motifs is 1. The molecule has 0 aliphatic carbocycles. The fraction of sp³-hybridized carbons (Fsp3) is 0.0588. The van der Waals surface area contributed by atoms with E-state index < -0.39 is 10.1 Å². The number of anilines is 2. The second-order valence-corrected chi connectivity index (χ2v) is 6.52. The zero-order chi connectivity index (χ0) is 15.7. The SMILES string of the molecule is Cc1ccc(Nc2cccc3cccc(S(=O)(=O)O)c23)cc1. The Kier molecular flexibility index (Phi) is 3.60. The molecule has 0 saturated carbocycles. The molecular weight excluding hydrogens is 298 g/mol. The van der Waals surface area contributed by atoms with Crippen molar-refractivity contribution >= 4 is 32.3 Å². The third kappa shape index (κ3) is 2.81. The predicted molar refractivity (Wildman–Crippen MR) is 88.2 cm³/mol. The lowest BCUT2D eigenvalue weighted by Gasteiger charge is -2.12. The third-order valence-electron chi connectivity index (χ3n) is 3.47. The van der Waals surface area contributed by atoms with Gasteiger partial charge in [-0.15, -0.1) is 0 Å². The maximum absolute atomic E-state index is 11.6. The van der Waals surface area contributed by atoms with Crippen molar-refractivity contribution in [2.24, 2.45) is 0 Å². The first-order chi connectivity index (χ1) is 10.4. The zero-order valence-corrected chi connectivity index (χ0v) is 12.8. The van der Waals surface area contributed by atoms with Crippen LogP contribution >= 0.6 is 0 Å². The summed E-state index contributed by atoms with van der Waals surface area (Å²) in [6.45, 7) is 2.00. The number of rotatable bonds is 3. The van der Waals surface area contributed by atoms with Gasteiger partial charge >= 0.3 is 0 Å². The van der Waals surface area contributed by atoms with E-state index in [0.29, 0.717) is 11.1 Å². The van der Waals surface area contributed by atoms with Crippen LogP contribution in [0.3, 0.4) is 0 Å². The van der Waals surface area contributed by atoms with Crippen molar-refractivity contribution in [3.63, 3.8) is 0 Å². The van der Waals surface area contributed by atoms with Crippen LogP contribution in [0.1, 0.15) is 5.56 Å². The molecule has 0 fully saturated rings. The van der Waals surface area contributed by atoms with Gasteiger partial charge < -0.3 is 5.32 Å². The normalized spacial score (nSPS) is 11.5. The molecule has 0 aliphatic heterocycles. The molecule has 0 heterocycles. The van der Waals surface area contributed by atoms with Gasteiger partial charge in [-0.2, -0.15) is 8.42 Å². The van der Waals surface area contributed by atoms with Gasteiger partial charge in [-0.3, -0.25) is 4.55 Å². The molecule has 0 aliphatic rings. The second kappa shape index (κ2) is 5.44. The van der Waals surface area contributed by atoms with Crippen molar-refractivity contribution in [1.82, 2.24) is 0 Å². The first-order valence-electron chi connectivity index (χ1n) is 6.78. The lowest BCUT2D eigenvalue weighted by molar-refractivity contribution is 0.484. The third-order valence-corrected chi connectivity index (χ3v) is 4.37. The minimum Gasteiger partial charge on any atom is -0.355 e. The summed E-state index contributed by atoms with van der Waals surface area (Å²) in [7, 11) is -4.29. The van der Waals surface area contributed by atoms with E-state index in [1.807, 2.05) is 49.4 Å². The maximum Gasteiger partial charge on any atom is 0.295 e. The summed E-state index contributed by atoms with van der Waals surface area (Å²) >= 11 is 0. The van der Waals surface area contributed by atoms with Gasteiger partial charge in [0, 0.05) is 16.8 Å². The van der Waals surface area contributed by atoms with Gasteiger partial charge in [-0.05, 0) is 36.6 Å². The standard InChI is InChI=1S/C17H15NO3S/c1-12-8-10-14(11-9-12)18-15-6-2-4-13-5-3-7-16(17(13)15)22(19,20)21/h2-11,18H,1H3,(H,19,20,21). The molecule has 3 aromatic carbocycles. The highest BCUT2D eigenvalue weighted by atomic mass is 32.2. The van der Waals surface area contributed by atoms with Crippen LogP contribution in [0.5, 0.6) is 0 Å². The van der Waals surface area contributed by atoms with Gasteiger partial charge in [0.25, 0.3) is 10.1 Å². The van der Waals surface area contributed by atoms with Crippen LogP contribution in [0, 0.1) is 6.92 Å². The number of aryl methyl sites for hydroxylation is 1. The Morgan fingerprint density at radius 2 is 1.55 bits per heavy atom. The highest BCUT2D eigenvalue weighted by Gasteiger charge is 2.16. The lowest BCUT2D eigenvalue weighted by Crippen LogP contribution is -2.01. The molecule has 0 saturated heterocycles. The Morgan fingerprint density at radius 3 is 2.18 bits per heavy atom. The van der Waals surface area contributed by atoms with Gasteiger partial charge in [0.05, 0.1) is 0 Å². The van der Waals surface area contributed by atoms with E-state index in [4.69, 9.17) is 0 Å². The Labute approximate surface area is 129 Å². The van der Waals surface area contributed by atoms with Crippen molar-refractivity contribution in [3.05, 3.63) is 66.2 Å². The fourth-order valence-electron chi connectivity index (χ4n) is 2.42. The number of hydrogen-bond acceptors (Lipinski definition) is 3. The average Bonchev–Trinajstić information content (AvgIpc) is 2.48. The number of nitrogens with one attached hydrogen (secondary N) is 1. The smallest absolute Gasteiger partial charge is 0.295 e. The van der Waals surface area contributed by atoms with Crippen LogP contribution in [0.25, 0.3) is 10.8 Å². The van der Waals surface area contributed by atoms with E-state index >= 15 is 0 Å².